The molecule has 0 bridgehead atoms. The van der Waals surface area contributed by atoms with Gasteiger partial charge in [-0.2, -0.15) is 0 Å². The molecule has 0 aliphatic carbocycles. The van der Waals surface area contributed by atoms with Gasteiger partial charge in [0.2, 0.25) is 5.95 Å². The Bertz CT molecular complexity index is 974. The van der Waals surface area contributed by atoms with Crippen LogP contribution in [0.15, 0.2) is 54.6 Å². The molecule has 2 aromatic carbocycles. The molecule has 0 aliphatic rings. The van der Waals surface area contributed by atoms with Crippen LogP contribution in [0, 0.1) is 10.1 Å². The minimum absolute atomic E-state index is 0.0138. The molecule has 1 aromatic heterocycles. The van der Waals surface area contributed by atoms with Gasteiger partial charge < -0.3 is 4.57 Å². The van der Waals surface area contributed by atoms with Crippen molar-refractivity contribution in [2.75, 3.05) is 5.32 Å². The van der Waals surface area contributed by atoms with E-state index in [2.05, 4.69) is 17.2 Å². The SMILES string of the molecule is CCCn1c(NC(=O)/C=C/c2ccc([N+](=O)[O-])cc2)nc2ccccc21. The Morgan fingerprint density at radius 2 is 1.96 bits per heavy atom. The van der Waals surface area contributed by atoms with E-state index < -0.39 is 4.92 Å². The van der Waals surface area contributed by atoms with Crippen LogP contribution in [0.25, 0.3) is 17.1 Å². The second kappa shape index (κ2) is 7.60. The van der Waals surface area contributed by atoms with Gasteiger partial charge in [-0.15, -0.1) is 0 Å². The summed E-state index contributed by atoms with van der Waals surface area (Å²) in [6.45, 7) is 2.82. The second-order valence-electron chi connectivity index (χ2n) is 5.75. The first-order valence-corrected chi connectivity index (χ1v) is 8.27. The second-order valence-corrected chi connectivity index (χ2v) is 5.75. The number of carbonyl (C=O) groups is 1. The van der Waals surface area contributed by atoms with E-state index in [9.17, 15) is 14.9 Å². The Morgan fingerprint density at radius 1 is 1.23 bits per heavy atom. The summed E-state index contributed by atoms with van der Waals surface area (Å²) >= 11 is 0. The minimum Gasteiger partial charge on any atom is -0.310 e. The van der Waals surface area contributed by atoms with Crippen LogP contribution >= 0.6 is 0 Å². The predicted molar refractivity (Wildman–Crippen MR) is 101 cm³/mol. The number of nitrogens with zero attached hydrogens (tertiary/aromatic N) is 3. The maximum absolute atomic E-state index is 12.2. The number of anilines is 1. The van der Waals surface area contributed by atoms with Crippen molar-refractivity contribution in [3.05, 3.63) is 70.3 Å². The number of hydrogen-bond acceptors (Lipinski definition) is 4. The van der Waals surface area contributed by atoms with Gasteiger partial charge >= 0.3 is 0 Å². The number of nitro benzene ring substituents is 1. The summed E-state index contributed by atoms with van der Waals surface area (Å²) in [4.78, 5) is 26.9. The van der Waals surface area contributed by atoms with Crippen LogP contribution in [0.1, 0.15) is 18.9 Å². The van der Waals surface area contributed by atoms with Crippen molar-refractivity contribution in [2.24, 2.45) is 0 Å². The van der Waals surface area contributed by atoms with Crippen LogP contribution in [-0.2, 0) is 11.3 Å². The average molecular weight is 350 g/mol. The van der Waals surface area contributed by atoms with Crippen LogP contribution in [0.2, 0.25) is 0 Å². The molecular weight excluding hydrogens is 332 g/mol. The zero-order valence-corrected chi connectivity index (χ0v) is 14.3. The summed E-state index contributed by atoms with van der Waals surface area (Å²) < 4.78 is 1.98. The molecule has 1 amide bonds. The van der Waals surface area contributed by atoms with Crippen molar-refractivity contribution in [1.82, 2.24) is 9.55 Å². The molecule has 0 unspecified atom stereocenters. The predicted octanol–water partition coefficient (Wildman–Crippen LogP) is 4.01. The standard InChI is InChI=1S/C19H18N4O3/c1-2-13-22-17-6-4-3-5-16(17)20-19(22)21-18(24)12-9-14-7-10-15(11-8-14)23(25)26/h3-12H,2,13H2,1H3,(H,20,21,24)/b12-9+. The number of nitro groups is 1. The molecular formula is C19H18N4O3. The number of hydrogen-bond donors (Lipinski definition) is 1. The number of rotatable bonds is 6. The van der Waals surface area contributed by atoms with Crippen LogP contribution in [-0.4, -0.2) is 20.4 Å². The van der Waals surface area contributed by atoms with E-state index in [1.807, 2.05) is 28.8 Å². The highest BCUT2D eigenvalue weighted by Crippen LogP contribution is 2.20. The van der Waals surface area contributed by atoms with Gasteiger partial charge in [-0.1, -0.05) is 19.1 Å². The Hall–Kier alpha value is -3.48. The molecule has 0 saturated heterocycles. The first-order chi connectivity index (χ1) is 12.6. The van der Waals surface area contributed by atoms with E-state index in [1.54, 1.807) is 18.2 Å². The highest BCUT2D eigenvalue weighted by atomic mass is 16.6. The fourth-order valence-corrected chi connectivity index (χ4v) is 2.65. The van der Waals surface area contributed by atoms with Gasteiger partial charge in [-0.05, 0) is 42.3 Å². The molecule has 132 valence electrons. The lowest BCUT2D eigenvalue weighted by Crippen LogP contribution is -2.13. The fraction of sp³-hybridized carbons (Fsp3) is 0.158. The van der Waals surface area contributed by atoms with Gasteiger partial charge in [0.05, 0.1) is 16.0 Å². The van der Waals surface area contributed by atoms with Gasteiger partial charge in [0.15, 0.2) is 0 Å². The third-order valence-corrected chi connectivity index (χ3v) is 3.87. The molecule has 3 aromatic rings. The molecule has 0 saturated carbocycles. The van der Waals surface area contributed by atoms with Crippen LogP contribution in [0.3, 0.4) is 0 Å². The molecule has 26 heavy (non-hydrogen) atoms. The maximum atomic E-state index is 12.2. The number of imidazole rings is 1. The van der Waals surface area contributed by atoms with Gasteiger partial charge in [-0.25, -0.2) is 4.98 Å². The summed E-state index contributed by atoms with van der Waals surface area (Å²) in [5.74, 6) is 0.197. The van der Waals surface area contributed by atoms with Crippen molar-refractivity contribution >= 4 is 34.7 Å². The number of benzene rings is 2. The number of aromatic nitrogens is 2. The minimum atomic E-state index is -0.460. The Morgan fingerprint density at radius 3 is 2.65 bits per heavy atom. The van der Waals surface area contributed by atoms with Crippen molar-refractivity contribution in [2.45, 2.75) is 19.9 Å². The average Bonchev–Trinajstić information content (AvgIpc) is 2.98. The lowest BCUT2D eigenvalue weighted by molar-refractivity contribution is -0.384. The van der Waals surface area contributed by atoms with E-state index in [0.29, 0.717) is 11.5 Å². The third-order valence-electron chi connectivity index (χ3n) is 3.87. The fourth-order valence-electron chi connectivity index (χ4n) is 2.65. The lowest BCUT2D eigenvalue weighted by atomic mass is 10.2. The van der Waals surface area contributed by atoms with Crippen LogP contribution in [0.5, 0.6) is 0 Å². The van der Waals surface area contributed by atoms with E-state index >= 15 is 0 Å². The van der Waals surface area contributed by atoms with E-state index in [4.69, 9.17) is 0 Å². The first kappa shape index (κ1) is 17.3. The van der Waals surface area contributed by atoms with Crippen molar-refractivity contribution in [1.29, 1.82) is 0 Å². The zero-order valence-electron chi connectivity index (χ0n) is 14.3. The molecule has 7 heteroatoms. The number of aryl methyl sites for hydroxylation is 1. The first-order valence-electron chi connectivity index (χ1n) is 8.27. The number of non-ortho nitro benzene ring substituents is 1. The Labute approximate surface area is 150 Å². The molecule has 3 rings (SSSR count). The summed E-state index contributed by atoms with van der Waals surface area (Å²) in [5, 5.41) is 13.5. The smallest absolute Gasteiger partial charge is 0.269 e. The topological polar surface area (TPSA) is 90.1 Å². The number of amides is 1. The summed E-state index contributed by atoms with van der Waals surface area (Å²) in [6.07, 6.45) is 3.91. The molecule has 1 N–H and O–H groups in total. The maximum Gasteiger partial charge on any atom is 0.269 e. The van der Waals surface area contributed by atoms with E-state index in [-0.39, 0.29) is 11.6 Å². The Kier molecular flexibility index (Phi) is 5.07. The van der Waals surface area contributed by atoms with Crippen molar-refractivity contribution < 1.29 is 9.72 Å². The molecule has 0 spiro atoms. The van der Waals surface area contributed by atoms with Crippen LogP contribution in [0.4, 0.5) is 11.6 Å². The number of fused-ring (bicyclic) bond motifs is 1. The third kappa shape index (κ3) is 3.77. The highest BCUT2D eigenvalue weighted by Gasteiger charge is 2.11. The van der Waals surface area contributed by atoms with Gasteiger partial charge in [0, 0.05) is 24.8 Å². The zero-order chi connectivity index (χ0) is 18.5. The summed E-state index contributed by atoms with van der Waals surface area (Å²) in [5.41, 5.74) is 2.52. The van der Waals surface area contributed by atoms with Crippen molar-refractivity contribution in [3.63, 3.8) is 0 Å². The van der Waals surface area contributed by atoms with E-state index in [1.165, 1.54) is 18.2 Å². The van der Waals surface area contributed by atoms with Gasteiger partial charge in [-0.3, -0.25) is 20.2 Å². The number of para-hydroxylation sites is 2. The van der Waals surface area contributed by atoms with Crippen molar-refractivity contribution in [3.8, 4) is 0 Å². The quantitative estimate of drug-likeness (QED) is 0.413. The van der Waals surface area contributed by atoms with Crippen LogP contribution < -0.4 is 5.32 Å². The normalized spacial score (nSPS) is 11.1. The summed E-state index contributed by atoms with van der Waals surface area (Å²) in [6, 6.07) is 13.7. The molecule has 1 heterocycles. The van der Waals surface area contributed by atoms with E-state index in [0.717, 1.165) is 24.0 Å². The molecule has 0 aliphatic heterocycles. The molecule has 0 fully saturated rings. The number of carbonyl (C=O) groups excluding carboxylic acids is 1. The summed E-state index contributed by atoms with van der Waals surface area (Å²) in [7, 11) is 0. The lowest BCUT2D eigenvalue weighted by Gasteiger charge is -2.07. The monoisotopic (exact) mass is 350 g/mol. The Balaban J connectivity index is 1.76. The number of nitrogens with one attached hydrogen (secondary N) is 1. The van der Waals surface area contributed by atoms with Gasteiger partial charge in [0.1, 0.15) is 0 Å². The molecule has 0 atom stereocenters. The van der Waals surface area contributed by atoms with Gasteiger partial charge in [0.25, 0.3) is 11.6 Å². The highest BCUT2D eigenvalue weighted by molar-refractivity contribution is 6.01. The molecule has 0 radical (unpaired) electrons. The largest absolute Gasteiger partial charge is 0.310 e. The molecule has 7 nitrogen and oxygen atoms in total.